The Balaban J connectivity index is 2.01. The second-order valence-electron chi connectivity index (χ2n) is 6.83. The SMILES string of the molecule is CC1CCC(CN)CN1Cc1nc(C(C)(C)C)cs1. The second kappa shape index (κ2) is 5.90. The minimum absolute atomic E-state index is 0.155. The van der Waals surface area contributed by atoms with Gasteiger partial charge in [0, 0.05) is 23.4 Å². The van der Waals surface area contributed by atoms with Crippen molar-refractivity contribution in [1.29, 1.82) is 0 Å². The molecule has 0 radical (unpaired) electrons. The highest BCUT2D eigenvalue weighted by Gasteiger charge is 2.26. The third kappa shape index (κ3) is 3.77. The Morgan fingerprint density at radius 3 is 2.74 bits per heavy atom. The van der Waals surface area contributed by atoms with Crippen LogP contribution < -0.4 is 5.73 Å². The van der Waals surface area contributed by atoms with Gasteiger partial charge in [-0.1, -0.05) is 20.8 Å². The lowest BCUT2D eigenvalue weighted by atomic mass is 9.93. The van der Waals surface area contributed by atoms with E-state index in [9.17, 15) is 0 Å². The van der Waals surface area contributed by atoms with Crippen molar-refractivity contribution in [1.82, 2.24) is 9.88 Å². The van der Waals surface area contributed by atoms with Gasteiger partial charge in [0.1, 0.15) is 5.01 Å². The van der Waals surface area contributed by atoms with Crippen LogP contribution >= 0.6 is 11.3 Å². The van der Waals surface area contributed by atoms with Crippen LogP contribution in [0, 0.1) is 5.92 Å². The molecule has 108 valence electrons. The Morgan fingerprint density at radius 2 is 2.16 bits per heavy atom. The topological polar surface area (TPSA) is 42.1 Å². The number of nitrogens with two attached hydrogens (primary N) is 1. The summed E-state index contributed by atoms with van der Waals surface area (Å²) in [5.41, 5.74) is 7.20. The summed E-state index contributed by atoms with van der Waals surface area (Å²) in [7, 11) is 0. The van der Waals surface area contributed by atoms with Crippen LogP contribution in [0.5, 0.6) is 0 Å². The van der Waals surface area contributed by atoms with Crippen LogP contribution in [-0.4, -0.2) is 29.0 Å². The average Bonchev–Trinajstić information content (AvgIpc) is 2.80. The van der Waals surface area contributed by atoms with E-state index < -0.39 is 0 Å². The minimum atomic E-state index is 0.155. The Bertz CT molecular complexity index is 408. The van der Waals surface area contributed by atoms with Gasteiger partial charge in [-0.25, -0.2) is 4.98 Å². The van der Waals surface area contributed by atoms with Crippen LogP contribution in [0.2, 0.25) is 0 Å². The van der Waals surface area contributed by atoms with Crippen molar-refractivity contribution in [3.05, 3.63) is 16.1 Å². The van der Waals surface area contributed by atoms with Gasteiger partial charge in [-0.2, -0.15) is 0 Å². The third-order valence-electron chi connectivity index (χ3n) is 4.10. The normalized spacial score (nSPS) is 25.7. The number of likely N-dealkylation sites (tertiary alicyclic amines) is 1. The highest BCUT2D eigenvalue weighted by atomic mass is 32.1. The molecule has 2 atom stereocenters. The maximum absolute atomic E-state index is 5.83. The van der Waals surface area contributed by atoms with Crippen molar-refractivity contribution < 1.29 is 0 Å². The summed E-state index contributed by atoms with van der Waals surface area (Å²) in [6, 6.07) is 0.657. The fraction of sp³-hybridized carbons (Fsp3) is 0.800. The summed E-state index contributed by atoms with van der Waals surface area (Å²) in [5, 5.41) is 3.46. The molecule has 1 aromatic heterocycles. The van der Waals surface area contributed by atoms with Gasteiger partial charge < -0.3 is 5.73 Å². The fourth-order valence-corrected chi connectivity index (χ4v) is 3.62. The van der Waals surface area contributed by atoms with Gasteiger partial charge in [0.15, 0.2) is 0 Å². The van der Waals surface area contributed by atoms with Gasteiger partial charge in [-0.3, -0.25) is 4.90 Å². The van der Waals surface area contributed by atoms with E-state index >= 15 is 0 Å². The second-order valence-corrected chi connectivity index (χ2v) is 7.78. The predicted octanol–water partition coefficient (Wildman–Crippen LogP) is 3.00. The quantitative estimate of drug-likeness (QED) is 0.926. The van der Waals surface area contributed by atoms with Crippen molar-refractivity contribution in [3.8, 4) is 0 Å². The molecule has 4 heteroatoms. The molecular weight excluding hydrogens is 254 g/mol. The first kappa shape index (κ1) is 14.9. The van der Waals surface area contributed by atoms with E-state index in [-0.39, 0.29) is 5.41 Å². The summed E-state index contributed by atoms with van der Waals surface area (Å²) in [4.78, 5) is 7.35. The largest absolute Gasteiger partial charge is 0.330 e. The first-order chi connectivity index (χ1) is 8.90. The van der Waals surface area contributed by atoms with Crippen LogP contribution in [0.15, 0.2) is 5.38 Å². The first-order valence-corrected chi connectivity index (χ1v) is 8.17. The third-order valence-corrected chi connectivity index (χ3v) is 4.93. The fourth-order valence-electron chi connectivity index (χ4n) is 2.58. The summed E-state index contributed by atoms with van der Waals surface area (Å²) in [6.07, 6.45) is 2.54. The predicted molar refractivity (Wildman–Crippen MR) is 82.5 cm³/mol. The Morgan fingerprint density at radius 1 is 1.42 bits per heavy atom. The number of hydrogen-bond acceptors (Lipinski definition) is 4. The van der Waals surface area contributed by atoms with Crippen molar-refractivity contribution in [3.63, 3.8) is 0 Å². The van der Waals surface area contributed by atoms with Crippen molar-refractivity contribution >= 4 is 11.3 Å². The molecule has 1 aliphatic heterocycles. The molecule has 0 spiro atoms. The van der Waals surface area contributed by atoms with Gasteiger partial charge in [-0.05, 0) is 32.2 Å². The number of rotatable bonds is 3. The summed E-state index contributed by atoms with van der Waals surface area (Å²) in [5.74, 6) is 0.665. The van der Waals surface area contributed by atoms with Gasteiger partial charge in [0.25, 0.3) is 0 Å². The molecule has 1 aromatic rings. The Kier molecular flexibility index (Phi) is 4.64. The molecule has 0 saturated carbocycles. The van der Waals surface area contributed by atoms with Gasteiger partial charge in [-0.15, -0.1) is 11.3 Å². The van der Waals surface area contributed by atoms with Crippen LogP contribution in [0.25, 0.3) is 0 Å². The smallest absolute Gasteiger partial charge is 0.107 e. The molecule has 0 amide bonds. The van der Waals surface area contributed by atoms with E-state index in [0.717, 1.165) is 19.6 Å². The average molecular weight is 281 g/mol. The molecule has 2 heterocycles. The monoisotopic (exact) mass is 281 g/mol. The molecule has 0 bridgehead atoms. The molecule has 2 N–H and O–H groups in total. The molecular formula is C15H27N3S. The first-order valence-electron chi connectivity index (χ1n) is 7.29. The standard InChI is InChI=1S/C15H27N3S/c1-11-5-6-12(7-16)8-18(11)9-14-17-13(10-19-14)15(2,3)4/h10-12H,5-9,16H2,1-4H3. The van der Waals surface area contributed by atoms with E-state index in [1.54, 1.807) is 11.3 Å². The molecule has 2 rings (SSSR count). The zero-order chi connectivity index (χ0) is 14.0. The molecule has 1 aliphatic rings. The molecule has 2 unspecified atom stereocenters. The van der Waals surface area contributed by atoms with Gasteiger partial charge >= 0.3 is 0 Å². The number of aromatic nitrogens is 1. The van der Waals surface area contributed by atoms with Crippen molar-refractivity contribution in [2.45, 2.75) is 58.5 Å². The Labute approximate surface area is 121 Å². The molecule has 1 fully saturated rings. The van der Waals surface area contributed by atoms with Crippen LogP contribution in [0.3, 0.4) is 0 Å². The lowest BCUT2D eigenvalue weighted by Gasteiger charge is -2.37. The molecule has 3 nitrogen and oxygen atoms in total. The van der Waals surface area contributed by atoms with Gasteiger partial charge in [0.05, 0.1) is 12.2 Å². The number of hydrogen-bond donors (Lipinski definition) is 1. The zero-order valence-corrected chi connectivity index (χ0v) is 13.5. The number of nitrogens with zero attached hydrogens (tertiary/aromatic N) is 2. The Hall–Kier alpha value is -0.450. The zero-order valence-electron chi connectivity index (χ0n) is 12.6. The summed E-state index contributed by atoms with van der Waals surface area (Å²) >= 11 is 1.80. The number of thiazole rings is 1. The number of piperidine rings is 1. The van der Waals surface area contributed by atoms with Crippen LogP contribution in [0.1, 0.15) is 51.2 Å². The molecule has 0 aromatic carbocycles. The lowest BCUT2D eigenvalue weighted by Crippen LogP contribution is -2.43. The van der Waals surface area contributed by atoms with Crippen LogP contribution in [-0.2, 0) is 12.0 Å². The van der Waals surface area contributed by atoms with E-state index in [2.05, 4.69) is 38.0 Å². The summed E-state index contributed by atoms with van der Waals surface area (Å²) in [6.45, 7) is 11.9. The lowest BCUT2D eigenvalue weighted by molar-refractivity contribution is 0.113. The molecule has 1 saturated heterocycles. The van der Waals surface area contributed by atoms with Crippen LogP contribution in [0.4, 0.5) is 0 Å². The molecule has 19 heavy (non-hydrogen) atoms. The van der Waals surface area contributed by atoms with E-state index in [1.807, 2.05) is 0 Å². The minimum Gasteiger partial charge on any atom is -0.330 e. The van der Waals surface area contributed by atoms with Crippen molar-refractivity contribution in [2.24, 2.45) is 11.7 Å². The highest BCUT2D eigenvalue weighted by Crippen LogP contribution is 2.27. The van der Waals surface area contributed by atoms with Gasteiger partial charge in [0.2, 0.25) is 0 Å². The van der Waals surface area contributed by atoms with Crippen molar-refractivity contribution in [2.75, 3.05) is 13.1 Å². The summed E-state index contributed by atoms with van der Waals surface area (Å²) < 4.78 is 0. The maximum Gasteiger partial charge on any atom is 0.107 e. The van der Waals surface area contributed by atoms with E-state index in [4.69, 9.17) is 10.7 Å². The molecule has 0 aliphatic carbocycles. The highest BCUT2D eigenvalue weighted by molar-refractivity contribution is 7.09. The van der Waals surface area contributed by atoms with E-state index in [1.165, 1.54) is 23.5 Å². The van der Waals surface area contributed by atoms with E-state index in [0.29, 0.717) is 12.0 Å². The maximum atomic E-state index is 5.83.